The van der Waals surface area contributed by atoms with Crippen molar-refractivity contribution in [3.8, 4) is 0 Å². The van der Waals surface area contributed by atoms with Gasteiger partial charge in [0.05, 0.1) is 12.2 Å². The number of aromatic nitrogens is 2. The van der Waals surface area contributed by atoms with Crippen LogP contribution >= 0.6 is 0 Å². The van der Waals surface area contributed by atoms with E-state index in [1.807, 2.05) is 4.98 Å². The monoisotopic (exact) mass is 340 g/mol. The number of nitrogens with one attached hydrogen (secondary N) is 3. The number of hydrogen-bond acceptors (Lipinski definition) is 7. The Morgan fingerprint density at radius 2 is 1.96 bits per heavy atom. The number of nitrogens with zero attached hydrogens (tertiary/aromatic N) is 1. The number of alkyl carbamates (subject to hydrolysis) is 1. The summed E-state index contributed by atoms with van der Waals surface area (Å²) >= 11 is 0. The molecule has 1 aromatic rings. The first kappa shape index (κ1) is 19.1. The topological polar surface area (TPSA) is 143 Å². The van der Waals surface area contributed by atoms with Crippen molar-refractivity contribution in [3.63, 3.8) is 0 Å². The van der Waals surface area contributed by atoms with Gasteiger partial charge in [-0.05, 0) is 27.7 Å². The molecule has 0 aliphatic heterocycles. The molecular weight excluding hydrogens is 320 g/mol. The van der Waals surface area contributed by atoms with E-state index in [0.717, 1.165) is 10.8 Å². The first-order chi connectivity index (χ1) is 11.0. The van der Waals surface area contributed by atoms with Crippen molar-refractivity contribution in [2.45, 2.75) is 39.8 Å². The smallest absolute Gasteiger partial charge is 0.413 e. The number of rotatable bonds is 4. The highest BCUT2D eigenvalue weighted by Crippen LogP contribution is 2.06. The lowest BCUT2D eigenvalue weighted by Crippen LogP contribution is -2.41. The second-order valence-corrected chi connectivity index (χ2v) is 5.74. The van der Waals surface area contributed by atoms with Crippen LogP contribution in [0.3, 0.4) is 0 Å². The lowest BCUT2D eigenvalue weighted by molar-refractivity contribution is -0.143. The molecule has 0 spiro atoms. The number of amidine groups is 1. The van der Waals surface area contributed by atoms with Crippen molar-refractivity contribution < 1.29 is 19.1 Å². The van der Waals surface area contributed by atoms with Gasteiger partial charge in [0, 0.05) is 6.20 Å². The minimum absolute atomic E-state index is 0.139. The summed E-state index contributed by atoms with van der Waals surface area (Å²) < 4.78 is 10.6. The maximum Gasteiger partial charge on any atom is 0.413 e. The number of hydrogen-bond donors (Lipinski definition) is 3. The summed E-state index contributed by atoms with van der Waals surface area (Å²) in [5, 5.41) is 9.87. The largest absolute Gasteiger partial charge is 0.465 e. The molecule has 0 fully saturated rings. The van der Waals surface area contributed by atoms with Crippen molar-refractivity contribution in [2.75, 3.05) is 6.61 Å². The van der Waals surface area contributed by atoms with Crippen LogP contribution in [0, 0.1) is 5.41 Å². The van der Waals surface area contributed by atoms with Gasteiger partial charge < -0.3 is 9.47 Å². The van der Waals surface area contributed by atoms with Crippen LogP contribution in [-0.4, -0.2) is 39.7 Å². The van der Waals surface area contributed by atoms with Gasteiger partial charge in [0.1, 0.15) is 18.0 Å². The van der Waals surface area contributed by atoms with Crippen LogP contribution in [0.5, 0.6) is 0 Å². The Labute approximate surface area is 137 Å². The average Bonchev–Trinajstić information content (AvgIpc) is 2.39. The van der Waals surface area contributed by atoms with E-state index in [0.29, 0.717) is 0 Å². The second kappa shape index (κ2) is 7.57. The number of H-pyrrole nitrogens is 1. The summed E-state index contributed by atoms with van der Waals surface area (Å²) in [6, 6.07) is 0. The molecule has 1 heterocycles. The van der Waals surface area contributed by atoms with Crippen molar-refractivity contribution >= 4 is 17.9 Å². The summed E-state index contributed by atoms with van der Waals surface area (Å²) in [5.41, 5.74) is -2.78. The highest BCUT2D eigenvalue weighted by atomic mass is 16.6. The second-order valence-electron chi connectivity index (χ2n) is 5.74. The van der Waals surface area contributed by atoms with Gasteiger partial charge in [-0.3, -0.25) is 29.9 Å². The molecule has 0 atom stereocenters. The molecule has 3 N–H and O–H groups in total. The molecule has 0 aromatic carbocycles. The normalized spacial score (nSPS) is 10.8. The SMILES string of the molecule is CCOC(=O)Cn1cc(C(=N)NC(=O)OC(C)(C)C)c(=O)[nH]c1=O. The van der Waals surface area contributed by atoms with Crippen LogP contribution in [0.1, 0.15) is 33.3 Å². The summed E-state index contributed by atoms with van der Waals surface area (Å²) in [4.78, 5) is 48.5. The average molecular weight is 340 g/mol. The first-order valence-corrected chi connectivity index (χ1v) is 7.11. The van der Waals surface area contributed by atoms with Gasteiger partial charge >= 0.3 is 17.8 Å². The Morgan fingerprint density at radius 1 is 1.33 bits per heavy atom. The van der Waals surface area contributed by atoms with E-state index in [2.05, 4.69) is 5.32 Å². The molecule has 0 saturated carbocycles. The maximum absolute atomic E-state index is 11.8. The van der Waals surface area contributed by atoms with Gasteiger partial charge in [-0.1, -0.05) is 0 Å². The molecule has 0 aliphatic carbocycles. The van der Waals surface area contributed by atoms with Crippen molar-refractivity contribution in [1.82, 2.24) is 14.9 Å². The fourth-order valence-corrected chi connectivity index (χ4v) is 1.62. The number of ether oxygens (including phenoxy) is 2. The van der Waals surface area contributed by atoms with Gasteiger partial charge in [-0.25, -0.2) is 9.59 Å². The minimum Gasteiger partial charge on any atom is -0.465 e. The number of carbonyl (C=O) groups is 2. The Balaban J connectivity index is 3.00. The fourth-order valence-electron chi connectivity index (χ4n) is 1.62. The quantitative estimate of drug-likeness (QED) is 0.398. The zero-order valence-corrected chi connectivity index (χ0v) is 13.9. The van der Waals surface area contributed by atoms with Crippen LogP contribution in [0.4, 0.5) is 4.79 Å². The van der Waals surface area contributed by atoms with Crippen LogP contribution in [0.25, 0.3) is 0 Å². The van der Waals surface area contributed by atoms with E-state index in [1.54, 1.807) is 27.7 Å². The predicted molar refractivity (Wildman–Crippen MR) is 84.2 cm³/mol. The Morgan fingerprint density at radius 3 is 2.50 bits per heavy atom. The summed E-state index contributed by atoms with van der Waals surface area (Å²) in [6.07, 6.45) is 0.0765. The summed E-state index contributed by atoms with van der Waals surface area (Å²) in [7, 11) is 0. The van der Waals surface area contributed by atoms with Gasteiger partial charge in [-0.15, -0.1) is 0 Å². The van der Waals surface area contributed by atoms with Gasteiger partial charge in [0.2, 0.25) is 0 Å². The molecule has 0 bridgehead atoms. The van der Waals surface area contributed by atoms with E-state index in [4.69, 9.17) is 14.9 Å². The van der Waals surface area contributed by atoms with Gasteiger partial charge in [-0.2, -0.15) is 0 Å². The third-order valence-electron chi connectivity index (χ3n) is 2.51. The first-order valence-electron chi connectivity index (χ1n) is 7.11. The van der Waals surface area contributed by atoms with Crippen LogP contribution in [0.15, 0.2) is 15.8 Å². The zero-order valence-electron chi connectivity index (χ0n) is 13.9. The van der Waals surface area contributed by atoms with E-state index in [-0.39, 0.29) is 12.2 Å². The highest BCUT2D eigenvalue weighted by molar-refractivity contribution is 6.04. The molecule has 132 valence electrons. The third kappa shape index (κ3) is 5.71. The summed E-state index contributed by atoms with van der Waals surface area (Å²) in [5.74, 6) is -1.24. The number of amides is 1. The molecular formula is C14H20N4O6. The Kier molecular flexibility index (Phi) is 6.04. The molecule has 10 nitrogen and oxygen atoms in total. The molecule has 1 rings (SSSR count). The van der Waals surface area contributed by atoms with E-state index < -0.39 is 41.3 Å². The van der Waals surface area contributed by atoms with Crippen LogP contribution in [-0.2, 0) is 20.8 Å². The van der Waals surface area contributed by atoms with Gasteiger partial charge in [0.25, 0.3) is 5.56 Å². The molecule has 10 heteroatoms. The van der Waals surface area contributed by atoms with Gasteiger partial charge in [0.15, 0.2) is 0 Å². The molecule has 0 saturated heterocycles. The number of esters is 1. The van der Waals surface area contributed by atoms with Crippen molar-refractivity contribution in [3.05, 3.63) is 32.6 Å². The lowest BCUT2D eigenvalue weighted by Gasteiger charge is -2.19. The summed E-state index contributed by atoms with van der Waals surface area (Å²) in [6.45, 7) is 6.24. The van der Waals surface area contributed by atoms with E-state index in [9.17, 15) is 19.2 Å². The lowest BCUT2D eigenvalue weighted by atomic mass is 10.2. The molecule has 24 heavy (non-hydrogen) atoms. The van der Waals surface area contributed by atoms with Crippen LogP contribution < -0.4 is 16.6 Å². The van der Waals surface area contributed by atoms with Crippen LogP contribution in [0.2, 0.25) is 0 Å². The molecule has 0 radical (unpaired) electrons. The molecule has 1 aromatic heterocycles. The maximum atomic E-state index is 11.8. The Bertz CT molecular complexity index is 756. The molecule has 1 amide bonds. The van der Waals surface area contributed by atoms with Crippen molar-refractivity contribution in [1.29, 1.82) is 5.41 Å². The highest BCUT2D eigenvalue weighted by Gasteiger charge is 2.19. The standard InChI is InChI=1S/C14H20N4O6/c1-5-23-9(19)7-18-6-8(11(20)17-12(18)21)10(15)16-13(22)24-14(2,3)4/h6H,5,7H2,1-4H3,(H2,15,16,22)(H,17,20,21). The fraction of sp³-hybridized carbons (Fsp3) is 0.500. The molecule has 0 unspecified atom stereocenters. The van der Waals surface area contributed by atoms with E-state index >= 15 is 0 Å². The third-order valence-corrected chi connectivity index (χ3v) is 2.51. The number of carbonyl (C=O) groups excluding carboxylic acids is 2. The zero-order chi connectivity index (χ0) is 18.5. The molecule has 0 aliphatic rings. The predicted octanol–water partition coefficient (Wildman–Crippen LogP) is -0.0502. The number of aromatic amines is 1. The minimum atomic E-state index is -0.921. The van der Waals surface area contributed by atoms with Crippen molar-refractivity contribution in [2.24, 2.45) is 0 Å². The Hall–Kier alpha value is -2.91. The van der Waals surface area contributed by atoms with E-state index in [1.165, 1.54) is 0 Å².